The standard InChI is InChI=1S/C14H19BrN2O3/c15-11-5-6-12(17(18)19)13(9-11)20-10-14(16)7-3-1-2-4-8-14/h5-6,9H,1-4,7-8,10,16H2. The molecule has 0 spiro atoms. The van der Waals surface area contributed by atoms with Gasteiger partial charge < -0.3 is 10.5 Å². The van der Waals surface area contributed by atoms with Crippen molar-refractivity contribution in [2.75, 3.05) is 6.61 Å². The predicted molar refractivity (Wildman–Crippen MR) is 80.9 cm³/mol. The SMILES string of the molecule is NC1(COc2cc(Br)ccc2[N+](=O)[O-])CCCCCC1. The molecule has 0 radical (unpaired) electrons. The fourth-order valence-electron chi connectivity index (χ4n) is 2.55. The quantitative estimate of drug-likeness (QED) is 0.513. The molecule has 1 fully saturated rings. The lowest BCUT2D eigenvalue weighted by molar-refractivity contribution is -0.385. The van der Waals surface area contributed by atoms with Gasteiger partial charge in [-0.1, -0.05) is 41.6 Å². The number of hydrogen-bond acceptors (Lipinski definition) is 4. The Hall–Kier alpha value is -1.14. The summed E-state index contributed by atoms with van der Waals surface area (Å²) in [6.45, 7) is 0.324. The van der Waals surface area contributed by atoms with E-state index in [2.05, 4.69) is 15.9 Å². The van der Waals surface area contributed by atoms with Gasteiger partial charge in [-0.15, -0.1) is 0 Å². The Kier molecular flexibility index (Phi) is 4.99. The lowest BCUT2D eigenvalue weighted by Gasteiger charge is -2.27. The number of nitro groups is 1. The first kappa shape index (κ1) is 15.3. The summed E-state index contributed by atoms with van der Waals surface area (Å²) < 4.78 is 6.44. The predicted octanol–water partition coefficient (Wildman–Crippen LogP) is 3.79. The first-order valence-corrected chi connectivity index (χ1v) is 7.65. The van der Waals surface area contributed by atoms with E-state index in [0.717, 1.165) is 30.2 Å². The molecule has 1 aliphatic rings. The minimum atomic E-state index is -0.432. The van der Waals surface area contributed by atoms with Gasteiger partial charge in [-0.25, -0.2) is 0 Å². The van der Waals surface area contributed by atoms with E-state index >= 15 is 0 Å². The molecule has 0 heterocycles. The maximum absolute atomic E-state index is 11.0. The molecule has 5 nitrogen and oxygen atoms in total. The fraction of sp³-hybridized carbons (Fsp3) is 0.571. The zero-order valence-electron chi connectivity index (χ0n) is 11.3. The van der Waals surface area contributed by atoms with Gasteiger partial charge in [0.25, 0.3) is 0 Å². The van der Waals surface area contributed by atoms with Crippen molar-refractivity contribution < 1.29 is 9.66 Å². The van der Waals surface area contributed by atoms with E-state index in [0.29, 0.717) is 6.61 Å². The Morgan fingerprint density at radius 1 is 1.30 bits per heavy atom. The summed E-state index contributed by atoms with van der Waals surface area (Å²) in [5.41, 5.74) is 5.97. The number of ether oxygens (including phenoxy) is 1. The summed E-state index contributed by atoms with van der Waals surface area (Å²) >= 11 is 3.30. The third kappa shape index (κ3) is 3.93. The Labute approximate surface area is 126 Å². The molecule has 1 aromatic rings. The lowest BCUT2D eigenvalue weighted by Crippen LogP contribution is -2.45. The normalized spacial score (nSPS) is 18.3. The maximum Gasteiger partial charge on any atom is 0.310 e. The number of halogens is 1. The third-order valence-corrected chi connectivity index (χ3v) is 4.23. The number of nitrogens with zero attached hydrogens (tertiary/aromatic N) is 1. The second-order valence-electron chi connectivity index (χ2n) is 5.43. The molecule has 110 valence electrons. The molecule has 0 amide bonds. The van der Waals surface area contributed by atoms with Crippen LogP contribution in [0.15, 0.2) is 22.7 Å². The highest BCUT2D eigenvalue weighted by molar-refractivity contribution is 9.10. The van der Waals surface area contributed by atoms with Crippen LogP contribution in [-0.2, 0) is 0 Å². The van der Waals surface area contributed by atoms with E-state index in [1.54, 1.807) is 12.1 Å². The lowest BCUT2D eigenvalue weighted by atomic mass is 9.92. The van der Waals surface area contributed by atoms with Gasteiger partial charge in [-0.3, -0.25) is 10.1 Å². The number of rotatable bonds is 4. The van der Waals surface area contributed by atoms with Gasteiger partial charge in [0.1, 0.15) is 6.61 Å². The van der Waals surface area contributed by atoms with Crippen molar-refractivity contribution in [1.82, 2.24) is 0 Å². The van der Waals surface area contributed by atoms with Crippen molar-refractivity contribution in [3.63, 3.8) is 0 Å². The molecule has 1 saturated carbocycles. The van der Waals surface area contributed by atoms with E-state index in [-0.39, 0.29) is 17.0 Å². The smallest absolute Gasteiger partial charge is 0.310 e. The van der Waals surface area contributed by atoms with Gasteiger partial charge in [0.15, 0.2) is 5.75 Å². The molecular formula is C14H19BrN2O3. The summed E-state index contributed by atoms with van der Waals surface area (Å²) in [5, 5.41) is 11.0. The summed E-state index contributed by atoms with van der Waals surface area (Å²) in [7, 11) is 0. The minimum Gasteiger partial charge on any atom is -0.485 e. The van der Waals surface area contributed by atoms with Crippen LogP contribution in [0.2, 0.25) is 0 Å². The fourth-order valence-corrected chi connectivity index (χ4v) is 2.89. The van der Waals surface area contributed by atoms with Crippen molar-refractivity contribution in [2.45, 2.75) is 44.1 Å². The first-order chi connectivity index (χ1) is 9.50. The third-order valence-electron chi connectivity index (χ3n) is 3.73. The van der Waals surface area contributed by atoms with Crippen LogP contribution in [0, 0.1) is 10.1 Å². The number of nitrogens with two attached hydrogens (primary N) is 1. The molecule has 0 aliphatic heterocycles. The molecular weight excluding hydrogens is 324 g/mol. The molecule has 0 unspecified atom stereocenters. The monoisotopic (exact) mass is 342 g/mol. The minimum absolute atomic E-state index is 0.0228. The van der Waals surface area contributed by atoms with Crippen molar-refractivity contribution in [1.29, 1.82) is 0 Å². The van der Waals surface area contributed by atoms with Gasteiger partial charge in [-0.05, 0) is 18.9 Å². The van der Waals surface area contributed by atoms with Gasteiger partial charge in [0.2, 0.25) is 0 Å². The number of nitro benzene ring substituents is 1. The molecule has 0 bridgehead atoms. The van der Waals surface area contributed by atoms with E-state index < -0.39 is 4.92 Å². The van der Waals surface area contributed by atoms with Gasteiger partial charge in [0, 0.05) is 16.6 Å². The summed E-state index contributed by atoms with van der Waals surface area (Å²) in [6, 6.07) is 4.70. The molecule has 1 aliphatic carbocycles. The highest BCUT2D eigenvalue weighted by Crippen LogP contribution is 2.32. The first-order valence-electron chi connectivity index (χ1n) is 6.86. The molecule has 0 atom stereocenters. The van der Waals surface area contributed by atoms with Crippen molar-refractivity contribution >= 4 is 21.6 Å². The van der Waals surface area contributed by atoms with Crippen LogP contribution in [0.4, 0.5) is 5.69 Å². The maximum atomic E-state index is 11.0. The zero-order chi connectivity index (χ0) is 14.6. The van der Waals surface area contributed by atoms with Crippen LogP contribution in [0.5, 0.6) is 5.75 Å². The highest BCUT2D eigenvalue weighted by Gasteiger charge is 2.28. The largest absolute Gasteiger partial charge is 0.485 e. The van der Waals surface area contributed by atoms with Crippen LogP contribution in [0.1, 0.15) is 38.5 Å². The molecule has 0 saturated heterocycles. The van der Waals surface area contributed by atoms with Crippen LogP contribution < -0.4 is 10.5 Å². The molecule has 20 heavy (non-hydrogen) atoms. The van der Waals surface area contributed by atoms with E-state index in [1.165, 1.54) is 18.9 Å². The average Bonchev–Trinajstić information content (AvgIpc) is 2.62. The molecule has 2 rings (SSSR count). The van der Waals surface area contributed by atoms with Crippen LogP contribution in [0.3, 0.4) is 0 Å². The number of hydrogen-bond donors (Lipinski definition) is 1. The summed E-state index contributed by atoms with van der Waals surface area (Å²) in [4.78, 5) is 10.6. The van der Waals surface area contributed by atoms with Crippen LogP contribution >= 0.6 is 15.9 Å². The average molecular weight is 343 g/mol. The van der Waals surface area contributed by atoms with E-state index in [1.807, 2.05) is 0 Å². The summed E-state index contributed by atoms with van der Waals surface area (Å²) in [6.07, 6.45) is 6.43. The summed E-state index contributed by atoms with van der Waals surface area (Å²) in [5.74, 6) is 0.276. The topological polar surface area (TPSA) is 78.4 Å². The van der Waals surface area contributed by atoms with E-state index in [9.17, 15) is 10.1 Å². The highest BCUT2D eigenvalue weighted by atomic mass is 79.9. The second kappa shape index (κ2) is 6.54. The second-order valence-corrected chi connectivity index (χ2v) is 6.35. The Morgan fingerprint density at radius 3 is 2.55 bits per heavy atom. The molecule has 0 aromatic heterocycles. The van der Waals surface area contributed by atoms with Gasteiger partial charge >= 0.3 is 5.69 Å². The van der Waals surface area contributed by atoms with Gasteiger partial charge in [0.05, 0.1) is 10.5 Å². The Balaban J connectivity index is 2.09. The van der Waals surface area contributed by atoms with Crippen LogP contribution in [0.25, 0.3) is 0 Å². The molecule has 6 heteroatoms. The van der Waals surface area contributed by atoms with Crippen molar-refractivity contribution in [3.05, 3.63) is 32.8 Å². The Bertz CT molecular complexity index is 485. The molecule has 1 aromatic carbocycles. The zero-order valence-corrected chi connectivity index (χ0v) is 12.9. The van der Waals surface area contributed by atoms with E-state index in [4.69, 9.17) is 10.5 Å². The molecule has 2 N–H and O–H groups in total. The van der Waals surface area contributed by atoms with Crippen molar-refractivity contribution in [3.8, 4) is 5.75 Å². The Morgan fingerprint density at radius 2 is 1.95 bits per heavy atom. The number of benzene rings is 1. The van der Waals surface area contributed by atoms with Gasteiger partial charge in [-0.2, -0.15) is 0 Å². The van der Waals surface area contributed by atoms with Crippen molar-refractivity contribution in [2.24, 2.45) is 5.73 Å². The van der Waals surface area contributed by atoms with Crippen LogP contribution in [-0.4, -0.2) is 17.1 Å².